The zero-order valence-electron chi connectivity index (χ0n) is 10.2. The van der Waals surface area contributed by atoms with Crippen LogP contribution >= 0.6 is 0 Å². The SMILES string of the molecule is CCC(C)(C#N)C(=O)NCCc1cccnc1. The molecule has 0 aliphatic carbocycles. The number of hydrogen-bond acceptors (Lipinski definition) is 3. The number of aromatic nitrogens is 1. The van der Waals surface area contributed by atoms with Crippen molar-refractivity contribution in [3.63, 3.8) is 0 Å². The first-order valence-corrected chi connectivity index (χ1v) is 5.71. The second-order valence-electron chi connectivity index (χ2n) is 4.16. The second-order valence-corrected chi connectivity index (χ2v) is 4.16. The van der Waals surface area contributed by atoms with Crippen LogP contribution < -0.4 is 5.32 Å². The minimum Gasteiger partial charge on any atom is -0.354 e. The van der Waals surface area contributed by atoms with Gasteiger partial charge in [-0.15, -0.1) is 0 Å². The van der Waals surface area contributed by atoms with Gasteiger partial charge in [-0.2, -0.15) is 5.26 Å². The summed E-state index contributed by atoms with van der Waals surface area (Å²) in [6.07, 6.45) is 4.73. The van der Waals surface area contributed by atoms with Gasteiger partial charge in [-0.05, 0) is 31.4 Å². The quantitative estimate of drug-likeness (QED) is 0.838. The van der Waals surface area contributed by atoms with Gasteiger partial charge in [0.15, 0.2) is 0 Å². The molecule has 17 heavy (non-hydrogen) atoms. The summed E-state index contributed by atoms with van der Waals surface area (Å²) in [4.78, 5) is 15.8. The molecule has 0 aliphatic heterocycles. The maximum atomic E-state index is 11.8. The van der Waals surface area contributed by atoms with Crippen molar-refractivity contribution >= 4 is 5.91 Å². The fraction of sp³-hybridized carbons (Fsp3) is 0.462. The highest BCUT2D eigenvalue weighted by Crippen LogP contribution is 2.19. The van der Waals surface area contributed by atoms with Gasteiger partial charge in [0.2, 0.25) is 5.91 Å². The lowest BCUT2D eigenvalue weighted by molar-refractivity contribution is -0.127. The molecule has 0 radical (unpaired) electrons. The number of nitriles is 1. The monoisotopic (exact) mass is 231 g/mol. The van der Waals surface area contributed by atoms with Crippen LogP contribution in [0.15, 0.2) is 24.5 Å². The molecule has 1 rings (SSSR count). The van der Waals surface area contributed by atoms with Crippen LogP contribution in [-0.4, -0.2) is 17.4 Å². The van der Waals surface area contributed by atoms with Crippen molar-refractivity contribution in [3.05, 3.63) is 30.1 Å². The lowest BCUT2D eigenvalue weighted by atomic mass is 9.88. The van der Waals surface area contributed by atoms with Crippen molar-refractivity contribution in [1.29, 1.82) is 5.26 Å². The molecule has 1 heterocycles. The van der Waals surface area contributed by atoms with Crippen molar-refractivity contribution < 1.29 is 4.79 Å². The van der Waals surface area contributed by atoms with E-state index in [9.17, 15) is 4.79 Å². The molecule has 1 atom stereocenters. The first kappa shape index (κ1) is 13.2. The van der Waals surface area contributed by atoms with Gasteiger partial charge >= 0.3 is 0 Å². The summed E-state index contributed by atoms with van der Waals surface area (Å²) in [6, 6.07) is 5.88. The largest absolute Gasteiger partial charge is 0.354 e. The highest BCUT2D eigenvalue weighted by Gasteiger charge is 2.30. The van der Waals surface area contributed by atoms with E-state index >= 15 is 0 Å². The Bertz CT molecular complexity index is 410. The Kier molecular flexibility index (Phi) is 4.65. The van der Waals surface area contributed by atoms with Crippen molar-refractivity contribution in [2.75, 3.05) is 6.54 Å². The molecule has 0 aromatic carbocycles. The molecule has 90 valence electrons. The third kappa shape index (κ3) is 3.56. The van der Waals surface area contributed by atoms with Crippen LogP contribution in [0.5, 0.6) is 0 Å². The Balaban J connectivity index is 2.42. The Hall–Kier alpha value is -1.89. The maximum absolute atomic E-state index is 11.8. The lowest BCUT2D eigenvalue weighted by Crippen LogP contribution is -2.38. The fourth-order valence-electron chi connectivity index (χ4n) is 1.35. The summed E-state index contributed by atoms with van der Waals surface area (Å²) >= 11 is 0. The van der Waals surface area contributed by atoms with Gasteiger partial charge in [0.25, 0.3) is 0 Å². The number of amides is 1. The highest BCUT2D eigenvalue weighted by molar-refractivity contribution is 5.84. The zero-order valence-corrected chi connectivity index (χ0v) is 10.2. The van der Waals surface area contributed by atoms with E-state index in [2.05, 4.69) is 16.4 Å². The van der Waals surface area contributed by atoms with Crippen molar-refractivity contribution in [2.45, 2.75) is 26.7 Å². The smallest absolute Gasteiger partial charge is 0.240 e. The average molecular weight is 231 g/mol. The van der Waals surface area contributed by atoms with Gasteiger partial charge in [0, 0.05) is 18.9 Å². The molecular weight excluding hydrogens is 214 g/mol. The number of nitrogens with zero attached hydrogens (tertiary/aromatic N) is 2. The van der Waals surface area contributed by atoms with Crippen molar-refractivity contribution in [2.24, 2.45) is 5.41 Å². The number of pyridine rings is 1. The molecule has 4 nitrogen and oxygen atoms in total. The molecule has 0 fully saturated rings. The highest BCUT2D eigenvalue weighted by atomic mass is 16.2. The molecule has 1 aromatic rings. The van der Waals surface area contributed by atoms with Gasteiger partial charge in [0.05, 0.1) is 6.07 Å². The summed E-state index contributed by atoms with van der Waals surface area (Å²) in [5.41, 5.74) is 0.150. The van der Waals surface area contributed by atoms with Crippen LogP contribution in [0, 0.1) is 16.7 Å². The van der Waals surface area contributed by atoms with Gasteiger partial charge in [-0.25, -0.2) is 0 Å². The maximum Gasteiger partial charge on any atom is 0.240 e. The first-order chi connectivity index (χ1) is 8.12. The van der Waals surface area contributed by atoms with Crippen LogP contribution in [-0.2, 0) is 11.2 Å². The number of rotatable bonds is 5. The number of hydrogen-bond donors (Lipinski definition) is 1. The summed E-state index contributed by atoms with van der Waals surface area (Å²) in [5.74, 6) is -0.202. The number of carbonyl (C=O) groups excluding carboxylic acids is 1. The Labute approximate surface area is 102 Å². The first-order valence-electron chi connectivity index (χ1n) is 5.71. The molecule has 0 spiro atoms. The molecule has 0 saturated carbocycles. The lowest BCUT2D eigenvalue weighted by Gasteiger charge is -2.18. The van der Waals surface area contributed by atoms with Crippen LogP contribution in [0.1, 0.15) is 25.8 Å². The molecule has 1 aromatic heterocycles. The third-order valence-corrected chi connectivity index (χ3v) is 2.88. The molecule has 0 saturated heterocycles. The summed E-state index contributed by atoms with van der Waals surface area (Å²) in [5, 5.41) is 11.7. The second kappa shape index (κ2) is 6.00. The van der Waals surface area contributed by atoms with Gasteiger partial charge in [-0.1, -0.05) is 13.0 Å². The van der Waals surface area contributed by atoms with Crippen LogP contribution in [0.3, 0.4) is 0 Å². The van der Waals surface area contributed by atoms with E-state index in [0.29, 0.717) is 13.0 Å². The predicted molar refractivity (Wildman–Crippen MR) is 65.0 cm³/mol. The molecular formula is C13H17N3O. The summed E-state index contributed by atoms with van der Waals surface area (Å²) in [6.45, 7) is 4.03. The van der Waals surface area contributed by atoms with Crippen molar-refractivity contribution in [1.82, 2.24) is 10.3 Å². The van der Waals surface area contributed by atoms with E-state index in [1.807, 2.05) is 19.1 Å². The van der Waals surface area contributed by atoms with Gasteiger partial charge < -0.3 is 5.32 Å². The van der Waals surface area contributed by atoms with Crippen LogP contribution in [0.2, 0.25) is 0 Å². The molecule has 1 unspecified atom stereocenters. The number of nitrogens with one attached hydrogen (secondary N) is 1. The van der Waals surface area contributed by atoms with Crippen LogP contribution in [0.4, 0.5) is 0 Å². The molecule has 1 amide bonds. The van der Waals surface area contributed by atoms with E-state index in [0.717, 1.165) is 12.0 Å². The average Bonchev–Trinajstić information content (AvgIpc) is 2.39. The molecule has 0 aliphatic rings. The minimum atomic E-state index is -0.922. The number of carbonyl (C=O) groups is 1. The zero-order chi connectivity index (χ0) is 12.7. The van der Waals surface area contributed by atoms with Crippen LogP contribution in [0.25, 0.3) is 0 Å². The Morgan fingerprint density at radius 1 is 1.65 bits per heavy atom. The van der Waals surface area contributed by atoms with E-state index in [4.69, 9.17) is 5.26 Å². The molecule has 4 heteroatoms. The summed E-state index contributed by atoms with van der Waals surface area (Å²) in [7, 11) is 0. The van der Waals surface area contributed by atoms with Crippen molar-refractivity contribution in [3.8, 4) is 6.07 Å². The van der Waals surface area contributed by atoms with E-state index in [1.54, 1.807) is 19.3 Å². The van der Waals surface area contributed by atoms with E-state index in [-0.39, 0.29) is 5.91 Å². The van der Waals surface area contributed by atoms with Gasteiger partial charge in [0.1, 0.15) is 5.41 Å². The summed E-state index contributed by atoms with van der Waals surface area (Å²) < 4.78 is 0. The Morgan fingerprint density at radius 3 is 2.94 bits per heavy atom. The third-order valence-electron chi connectivity index (χ3n) is 2.88. The standard InChI is InChI=1S/C13H17N3O/c1-3-13(2,10-14)12(17)16-8-6-11-5-4-7-15-9-11/h4-5,7,9H,3,6,8H2,1-2H3,(H,16,17). The normalized spacial score (nSPS) is 13.5. The topological polar surface area (TPSA) is 65.8 Å². The van der Waals surface area contributed by atoms with E-state index in [1.165, 1.54) is 0 Å². The van der Waals surface area contributed by atoms with E-state index < -0.39 is 5.41 Å². The fourth-order valence-corrected chi connectivity index (χ4v) is 1.35. The molecule has 0 bridgehead atoms. The Morgan fingerprint density at radius 2 is 2.41 bits per heavy atom. The molecule has 1 N–H and O–H groups in total. The predicted octanol–water partition coefficient (Wildman–Crippen LogP) is 1.68. The minimum absolute atomic E-state index is 0.202. The van der Waals surface area contributed by atoms with Gasteiger partial charge in [-0.3, -0.25) is 9.78 Å².